The standard InChI is InChI=1S/C15H12FNO3/c1-10-3-2-4-11(7-10)8-15(18)13-6-5-12(16)9-14(13)17(19)20/h2-7,9H,8H2,1H3. The molecular formula is C15H12FNO3. The minimum Gasteiger partial charge on any atom is -0.294 e. The summed E-state index contributed by atoms with van der Waals surface area (Å²) >= 11 is 0. The van der Waals surface area contributed by atoms with Crippen molar-refractivity contribution >= 4 is 11.5 Å². The van der Waals surface area contributed by atoms with Gasteiger partial charge in [0, 0.05) is 6.42 Å². The Labute approximate surface area is 115 Å². The smallest absolute Gasteiger partial charge is 0.283 e. The molecule has 102 valence electrons. The van der Waals surface area contributed by atoms with Crippen molar-refractivity contribution in [2.45, 2.75) is 13.3 Å². The molecule has 0 aliphatic heterocycles. The van der Waals surface area contributed by atoms with E-state index in [-0.39, 0.29) is 12.0 Å². The van der Waals surface area contributed by atoms with Crippen molar-refractivity contribution in [3.63, 3.8) is 0 Å². The van der Waals surface area contributed by atoms with E-state index in [1.54, 1.807) is 6.07 Å². The predicted molar refractivity (Wildman–Crippen MR) is 72.3 cm³/mol. The van der Waals surface area contributed by atoms with Crippen LogP contribution in [0.4, 0.5) is 10.1 Å². The summed E-state index contributed by atoms with van der Waals surface area (Å²) < 4.78 is 13.0. The van der Waals surface area contributed by atoms with Gasteiger partial charge < -0.3 is 0 Å². The Bertz CT molecular complexity index is 683. The van der Waals surface area contributed by atoms with Crippen LogP contribution < -0.4 is 0 Å². The number of hydrogen-bond acceptors (Lipinski definition) is 3. The van der Waals surface area contributed by atoms with Crippen molar-refractivity contribution in [1.29, 1.82) is 0 Å². The number of Topliss-reactive ketones (excluding diaryl/α,β-unsaturated/α-hetero) is 1. The number of nitro benzene ring substituents is 1. The van der Waals surface area contributed by atoms with Gasteiger partial charge in [-0.1, -0.05) is 29.8 Å². The van der Waals surface area contributed by atoms with Crippen LogP contribution in [0.5, 0.6) is 0 Å². The van der Waals surface area contributed by atoms with Crippen LogP contribution in [0.2, 0.25) is 0 Å². The van der Waals surface area contributed by atoms with Crippen LogP contribution >= 0.6 is 0 Å². The van der Waals surface area contributed by atoms with Gasteiger partial charge in [0.2, 0.25) is 0 Å². The third-order valence-corrected chi connectivity index (χ3v) is 2.90. The molecule has 0 aliphatic carbocycles. The Balaban J connectivity index is 2.32. The van der Waals surface area contributed by atoms with E-state index in [1.165, 1.54) is 0 Å². The van der Waals surface area contributed by atoms with E-state index in [0.29, 0.717) is 0 Å². The molecule has 0 saturated heterocycles. The van der Waals surface area contributed by atoms with Crippen molar-refractivity contribution in [2.75, 3.05) is 0 Å². The van der Waals surface area contributed by atoms with Crippen LogP contribution in [0, 0.1) is 22.9 Å². The van der Waals surface area contributed by atoms with Crippen molar-refractivity contribution in [3.8, 4) is 0 Å². The van der Waals surface area contributed by atoms with Gasteiger partial charge in [-0.3, -0.25) is 14.9 Å². The van der Waals surface area contributed by atoms with Crippen LogP contribution in [-0.2, 0) is 6.42 Å². The monoisotopic (exact) mass is 273 g/mol. The second kappa shape index (κ2) is 5.61. The first-order chi connectivity index (χ1) is 9.47. The summed E-state index contributed by atoms with van der Waals surface area (Å²) in [7, 11) is 0. The molecule has 0 N–H and O–H groups in total. The Hall–Kier alpha value is -2.56. The lowest BCUT2D eigenvalue weighted by molar-refractivity contribution is -0.385. The number of nitrogens with zero attached hydrogens (tertiary/aromatic N) is 1. The zero-order valence-electron chi connectivity index (χ0n) is 10.8. The highest BCUT2D eigenvalue weighted by molar-refractivity contribution is 6.01. The molecule has 20 heavy (non-hydrogen) atoms. The zero-order valence-corrected chi connectivity index (χ0v) is 10.8. The minimum atomic E-state index is -0.743. The molecule has 2 rings (SSSR count). The largest absolute Gasteiger partial charge is 0.294 e. The maximum atomic E-state index is 13.0. The van der Waals surface area contributed by atoms with E-state index in [2.05, 4.69) is 0 Å². The molecule has 4 nitrogen and oxygen atoms in total. The lowest BCUT2D eigenvalue weighted by Crippen LogP contribution is -2.07. The Kier molecular flexibility index (Phi) is 3.89. The lowest BCUT2D eigenvalue weighted by atomic mass is 10.0. The van der Waals surface area contributed by atoms with E-state index < -0.39 is 22.2 Å². The summed E-state index contributed by atoms with van der Waals surface area (Å²) in [6.07, 6.45) is 0.0498. The first-order valence-corrected chi connectivity index (χ1v) is 6.00. The minimum absolute atomic E-state index is 0.0498. The van der Waals surface area contributed by atoms with Gasteiger partial charge >= 0.3 is 0 Å². The molecule has 0 atom stereocenters. The first-order valence-electron chi connectivity index (χ1n) is 6.00. The van der Waals surface area contributed by atoms with E-state index in [1.807, 2.05) is 25.1 Å². The average molecular weight is 273 g/mol. The van der Waals surface area contributed by atoms with E-state index in [0.717, 1.165) is 29.3 Å². The fraction of sp³-hybridized carbons (Fsp3) is 0.133. The molecule has 5 heteroatoms. The Morgan fingerprint density at radius 3 is 2.65 bits per heavy atom. The third kappa shape index (κ3) is 3.06. The second-order valence-corrected chi connectivity index (χ2v) is 4.51. The molecular weight excluding hydrogens is 261 g/mol. The molecule has 2 aromatic rings. The summed E-state index contributed by atoms with van der Waals surface area (Å²) in [4.78, 5) is 22.3. The number of carbonyl (C=O) groups excluding carboxylic acids is 1. The van der Waals surface area contributed by atoms with Gasteiger partial charge in [-0.15, -0.1) is 0 Å². The summed E-state index contributed by atoms with van der Waals surface area (Å²) in [6.45, 7) is 1.90. The van der Waals surface area contributed by atoms with Gasteiger partial charge in [-0.2, -0.15) is 0 Å². The molecule has 2 aromatic carbocycles. The maximum absolute atomic E-state index is 13.0. The average Bonchev–Trinajstić information content (AvgIpc) is 2.38. The molecule has 0 aromatic heterocycles. The molecule has 0 amide bonds. The lowest BCUT2D eigenvalue weighted by Gasteiger charge is -2.04. The highest BCUT2D eigenvalue weighted by Gasteiger charge is 2.20. The summed E-state index contributed by atoms with van der Waals surface area (Å²) in [5, 5.41) is 10.9. The summed E-state index contributed by atoms with van der Waals surface area (Å²) in [6, 6.07) is 10.3. The van der Waals surface area contributed by atoms with Crippen molar-refractivity contribution < 1.29 is 14.1 Å². The maximum Gasteiger partial charge on any atom is 0.283 e. The van der Waals surface area contributed by atoms with E-state index >= 15 is 0 Å². The van der Waals surface area contributed by atoms with Gasteiger partial charge in [0.25, 0.3) is 5.69 Å². The number of aryl methyl sites for hydroxylation is 1. The van der Waals surface area contributed by atoms with Crippen LogP contribution in [0.25, 0.3) is 0 Å². The highest BCUT2D eigenvalue weighted by Crippen LogP contribution is 2.21. The summed E-state index contributed by atoms with van der Waals surface area (Å²) in [5.74, 6) is -1.13. The fourth-order valence-electron chi connectivity index (χ4n) is 1.99. The molecule has 0 spiro atoms. The van der Waals surface area contributed by atoms with Crippen LogP contribution in [0.15, 0.2) is 42.5 Å². The first kappa shape index (κ1) is 13.9. The fourth-order valence-corrected chi connectivity index (χ4v) is 1.99. The topological polar surface area (TPSA) is 60.2 Å². The van der Waals surface area contributed by atoms with E-state index in [9.17, 15) is 19.3 Å². The summed E-state index contributed by atoms with van der Waals surface area (Å²) in [5.41, 5.74) is 1.21. The van der Waals surface area contributed by atoms with Gasteiger partial charge in [0.05, 0.1) is 16.6 Å². The molecule has 0 fully saturated rings. The van der Waals surface area contributed by atoms with Crippen LogP contribution in [-0.4, -0.2) is 10.7 Å². The van der Waals surface area contributed by atoms with Gasteiger partial charge in [-0.25, -0.2) is 4.39 Å². The number of hydrogen-bond donors (Lipinski definition) is 0. The molecule has 0 unspecified atom stereocenters. The second-order valence-electron chi connectivity index (χ2n) is 4.51. The number of rotatable bonds is 4. The van der Waals surface area contributed by atoms with Crippen molar-refractivity contribution in [3.05, 3.63) is 75.1 Å². The van der Waals surface area contributed by atoms with Crippen LogP contribution in [0.1, 0.15) is 21.5 Å². The number of carbonyl (C=O) groups is 1. The molecule has 0 radical (unpaired) electrons. The van der Waals surface area contributed by atoms with Crippen molar-refractivity contribution in [2.24, 2.45) is 0 Å². The van der Waals surface area contributed by atoms with Crippen molar-refractivity contribution in [1.82, 2.24) is 0 Å². The predicted octanol–water partition coefficient (Wildman–Crippen LogP) is 3.47. The molecule has 0 aliphatic rings. The Morgan fingerprint density at radius 2 is 2.00 bits per heavy atom. The van der Waals surface area contributed by atoms with E-state index in [4.69, 9.17) is 0 Å². The zero-order chi connectivity index (χ0) is 14.7. The van der Waals surface area contributed by atoms with Gasteiger partial charge in [0.15, 0.2) is 5.78 Å². The van der Waals surface area contributed by atoms with Gasteiger partial charge in [0.1, 0.15) is 5.82 Å². The highest BCUT2D eigenvalue weighted by atomic mass is 19.1. The molecule has 0 bridgehead atoms. The third-order valence-electron chi connectivity index (χ3n) is 2.90. The normalized spacial score (nSPS) is 10.3. The quantitative estimate of drug-likeness (QED) is 0.487. The number of benzene rings is 2. The van der Waals surface area contributed by atoms with Crippen LogP contribution in [0.3, 0.4) is 0 Å². The number of halogens is 1. The number of nitro groups is 1. The molecule has 0 heterocycles. The molecule has 0 saturated carbocycles. The SMILES string of the molecule is Cc1cccc(CC(=O)c2ccc(F)cc2[N+](=O)[O-])c1. The number of ketones is 1. The van der Waals surface area contributed by atoms with Gasteiger partial charge in [-0.05, 0) is 24.6 Å². The Morgan fingerprint density at radius 1 is 1.25 bits per heavy atom.